The lowest BCUT2D eigenvalue weighted by Gasteiger charge is -2.47. The minimum Gasteiger partial charge on any atom is -0.459 e. The average Bonchev–Trinajstić information content (AvgIpc) is 0.768. The van der Waals surface area contributed by atoms with Gasteiger partial charge in [0.1, 0.15) is 31.0 Å². The molecule has 0 amide bonds. The molecule has 4 unspecified atom stereocenters. The summed E-state index contributed by atoms with van der Waals surface area (Å²) in [7, 11) is 0. The third kappa shape index (κ3) is 76.4. The molecule has 16 heteroatoms. The van der Waals surface area contributed by atoms with E-state index < -0.39 is 104 Å². The predicted octanol–water partition coefficient (Wildman–Crippen LogP) is 38.7. The highest BCUT2D eigenvalue weighted by molar-refractivity contribution is 5.89. The molecule has 3 N–H and O–H groups in total. The first-order valence-electron chi connectivity index (χ1n) is 64.9. The van der Waals surface area contributed by atoms with Crippen molar-refractivity contribution in [2.24, 2.45) is 47.3 Å². The van der Waals surface area contributed by atoms with Gasteiger partial charge in [0.15, 0.2) is 24.4 Å². The molecule has 0 aliphatic carbocycles. The number of allylic oxidation sites excluding steroid dienone is 4. The Morgan fingerprint density at radius 2 is 0.456 bits per heavy atom. The Hall–Kier alpha value is -3.93. The number of aliphatic hydroxyl groups is 3. The molecule has 0 aromatic carbocycles. The summed E-state index contributed by atoms with van der Waals surface area (Å²) in [6, 6.07) is 0. The van der Waals surface area contributed by atoms with Crippen LogP contribution in [-0.2, 0) is 61.9 Å². The van der Waals surface area contributed by atoms with Crippen LogP contribution in [-0.4, -0.2) is 120 Å². The number of unbranched alkanes of at least 4 members (excludes halogenated alkanes) is 69. The Balaban J connectivity index is 2.69. The first-order valence-corrected chi connectivity index (χ1v) is 64.9. The van der Waals surface area contributed by atoms with E-state index in [-0.39, 0.29) is 41.2 Å². The molecular formula is C133H246O16. The van der Waals surface area contributed by atoms with Gasteiger partial charge in [-0.25, -0.2) is 19.2 Å². The Bertz CT molecular complexity index is 3250. The van der Waals surface area contributed by atoms with Gasteiger partial charge in [-0.05, 0) is 107 Å². The summed E-state index contributed by atoms with van der Waals surface area (Å²) in [5, 5.41) is 37.6. The molecule has 2 aliphatic heterocycles. The fourth-order valence-electron chi connectivity index (χ4n) is 23.3. The van der Waals surface area contributed by atoms with Crippen LogP contribution >= 0.6 is 0 Å². The Morgan fingerprint density at radius 1 is 0.248 bits per heavy atom. The van der Waals surface area contributed by atoms with Crippen LogP contribution in [0.1, 0.15) is 651 Å². The summed E-state index contributed by atoms with van der Waals surface area (Å²) in [6.45, 7) is 34.2. The molecule has 0 spiro atoms. The van der Waals surface area contributed by atoms with Crippen molar-refractivity contribution in [3.63, 3.8) is 0 Å². The Morgan fingerprint density at radius 3 is 0.705 bits per heavy atom. The molecule has 16 nitrogen and oxygen atoms in total. The highest BCUT2D eigenvalue weighted by Gasteiger charge is 2.56. The molecule has 2 rings (SSSR count). The molecule has 0 saturated carbocycles. The fourth-order valence-corrected chi connectivity index (χ4v) is 23.3. The summed E-state index contributed by atoms with van der Waals surface area (Å²) < 4.78 is 52.3. The lowest BCUT2D eigenvalue weighted by molar-refractivity contribution is -0.377. The van der Waals surface area contributed by atoms with Crippen LogP contribution in [0.5, 0.6) is 0 Å². The van der Waals surface area contributed by atoms with E-state index in [4.69, 9.17) is 37.9 Å². The molecule has 0 aromatic heterocycles. The summed E-state index contributed by atoms with van der Waals surface area (Å²) >= 11 is 0. The maximum atomic E-state index is 15.1. The third-order valence-electron chi connectivity index (χ3n) is 32.5. The zero-order chi connectivity index (χ0) is 109. The van der Waals surface area contributed by atoms with Gasteiger partial charge in [0, 0.05) is 28.7 Å². The highest BCUT2D eigenvalue weighted by atomic mass is 16.8. The van der Waals surface area contributed by atoms with E-state index in [1.54, 1.807) is 27.7 Å². The lowest BCUT2D eigenvalue weighted by atomic mass is 9.91. The maximum absolute atomic E-state index is 15.1. The standard InChI is InChI=1S/C133H246O16/c1-18-23-28-33-38-43-48-53-57-59-61-66-70-75-80-84-89-94-109(8)99-113(12)103-117(16)130(140)147-125-122(136)120(106-142-128(138)115(14)101-111(10)97-107(6)92-87-82-77-72-67-63-55-50-45-40-35-30-25-20-3)144-133(127(125)145-121(135)96-91-86-81-76-71-62-52-47-42-37-32-27-22-5)149-132-126(148-131(141)118(17)104-114(13)100-110(9)95-90-85-78-73-68-64-56-51-46-41-36-31-26-21-4)123(137)124(119(105-134)143-132)146-129(139)116(15)102-112(11)98-108(7)93-88-83-79-74-69-65-60-58-54-49-44-39-34-29-24-19-2/h101-104,107-114,119-120,122-127,132-134,136-137H,18-100,105-106H2,1-17H3/b115-101+,116-102+,117-103+,118-104+/t107-,108-,109-,110-,111-,112-,113-,114-,119?,120?,122+,123?,124+,125?,126-,127+,132+,133+/m0/s1. The molecule has 2 aliphatic rings. The van der Waals surface area contributed by atoms with Gasteiger partial charge in [-0.15, -0.1) is 0 Å². The maximum Gasteiger partial charge on any atom is 0.333 e. The predicted molar refractivity (Wildman–Crippen MR) is 628 cm³/mol. The second kappa shape index (κ2) is 97.3. The number of carbonyl (C=O) groups excluding carboxylic acids is 5. The van der Waals surface area contributed by atoms with Crippen molar-refractivity contribution in [1.82, 2.24) is 0 Å². The molecule has 0 aromatic rings. The molecule has 2 heterocycles. The quantitative estimate of drug-likeness (QED) is 0.0223. The minimum absolute atomic E-state index is 0.00167. The van der Waals surface area contributed by atoms with Gasteiger partial charge in [0.25, 0.3) is 0 Å². The van der Waals surface area contributed by atoms with E-state index in [1.807, 2.05) is 24.3 Å². The zero-order valence-electron chi connectivity index (χ0n) is 101. The topological polar surface area (TPSA) is 220 Å². The number of hydrogen-bond donors (Lipinski definition) is 3. The van der Waals surface area contributed by atoms with Crippen LogP contribution in [0.3, 0.4) is 0 Å². The second-order valence-corrected chi connectivity index (χ2v) is 48.5. The van der Waals surface area contributed by atoms with E-state index in [2.05, 4.69) is 90.0 Å². The monoisotopic (exact) mass is 2100 g/mol. The van der Waals surface area contributed by atoms with Crippen LogP contribution < -0.4 is 0 Å². The van der Waals surface area contributed by atoms with Gasteiger partial charge in [-0.2, -0.15) is 0 Å². The number of ether oxygens (including phenoxy) is 8. The van der Waals surface area contributed by atoms with Crippen LogP contribution in [0, 0.1) is 47.3 Å². The van der Waals surface area contributed by atoms with Crippen molar-refractivity contribution in [2.75, 3.05) is 13.2 Å². The third-order valence-corrected chi connectivity index (χ3v) is 32.5. The largest absolute Gasteiger partial charge is 0.459 e. The lowest BCUT2D eigenvalue weighted by Crippen LogP contribution is -2.66. The van der Waals surface area contributed by atoms with E-state index in [0.29, 0.717) is 41.2 Å². The smallest absolute Gasteiger partial charge is 0.333 e. The van der Waals surface area contributed by atoms with Crippen LogP contribution in [0.15, 0.2) is 46.6 Å². The van der Waals surface area contributed by atoms with E-state index in [1.165, 1.54) is 417 Å². The van der Waals surface area contributed by atoms with Crippen molar-refractivity contribution in [1.29, 1.82) is 0 Å². The van der Waals surface area contributed by atoms with Crippen molar-refractivity contribution in [3.8, 4) is 0 Å². The van der Waals surface area contributed by atoms with Gasteiger partial charge >= 0.3 is 29.8 Å². The molecular weight excluding hydrogens is 1850 g/mol. The van der Waals surface area contributed by atoms with Crippen molar-refractivity contribution < 1.29 is 77.2 Å². The average molecular weight is 2100 g/mol. The van der Waals surface area contributed by atoms with E-state index in [0.717, 1.165) is 103 Å². The summed E-state index contributed by atoms with van der Waals surface area (Å²) in [6.07, 6.45) is 92.3. The molecule has 149 heavy (non-hydrogen) atoms. The Labute approximate surface area is 920 Å². The molecule has 18 atom stereocenters. The number of rotatable bonds is 104. The molecule has 2 fully saturated rings. The molecule has 874 valence electrons. The van der Waals surface area contributed by atoms with Gasteiger partial charge in [-0.3, -0.25) is 4.79 Å². The van der Waals surface area contributed by atoms with E-state index >= 15 is 9.59 Å². The SMILES string of the molecule is CCCCCCCCCCCCCCCCCCC[C@H](C)C[C@H](C)/C=C(\C)C(=O)OC1[C@H](O)C(COC(=O)/C(C)=C/[C@@H](C)C[C@@H](C)CCCCCCCCCCCCCCCC)O[C@H](O[C@H]2OC(CO)[C@@H](OC(=O)/C(C)=C/[C@@H](C)C[C@@H](C)CCCCCCCCCCCCCCCCCC)C(O)[C@@H]2OC(=O)/C(C)=C/[C@@H](C)C[C@@H](C)CCCCCCCCCCCCCCCC)[C@@H]1OC(=O)CCCCCCCCCCCCCCC. The molecule has 0 bridgehead atoms. The Kier molecular flexibility index (Phi) is 92.2. The van der Waals surface area contributed by atoms with E-state index in [9.17, 15) is 29.7 Å². The normalized spacial score (nSPS) is 20.1. The van der Waals surface area contributed by atoms with Crippen molar-refractivity contribution in [2.45, 2.75) is 712 Å². The minimum atomic E-state index is -1.92. The summed E-state index contributed by atoms with van der Waals surface area (Å²) in [5.74, 6) is -2.17. The number of hydrogen-bond acceptors (Lipinski definition) is 16. The first-order chi connectivity index (χ1) is 72.2. The van der Waals surface area contributed by atoms with Gasteiger partial charge in [0.2, 0.25) is 12.6 Å². The second-order valence-electron chi connectivity index (χ2n) is 48.5. The van der Waals surface area contributed by atoms with Crippen molar-refractivity contribution in [3.05, 3.63) is 46.6 Å². The van der Waals surface area contributed by atoms with Crippen LogP contribution in [0.25, 0.3) is 0 Å². The highest BCUT2D eigenvalue weighted by Crippen LogP contribution is 2.38. The summed E-state index contributed by atoms with van der Waals surface area (Å²) in [5.41, 5.74) is 1.18. The van der Waals surface area contributed by atoms with Gasteiger partial charge in [-0.1, -0.05) is 609 Å². The van der Waals surface area contributed by atoms with Gasteiger partial charge < -0.3 is 53.2 Å². The van der Waals surface area contributed by atoms with Crippen LogP contribution in [0.2, 0.25) is 0 Å². The zero-order valence-corrected chi connectivity index (χ0v) is 101. The molecule has 0 radical (unpaired) electrons. The van der Waals surface area contributed by atoms with Crippen molar-refractivity contribution >= 4 is 29.8 Å². The fraction of sp³-hybridized carbons (Fsp3) is 0.902. The summed E-state index contributed by atoms with van der Waals surface area (Å²) in [4.78, 5) is 74.1. The molecule has 2 saturated heterocycles. The van der Waals surface area contributed by atoms with Crippen LogP contribution in [0.4, 0.5) is 0 Å². The van der Waals surface area contributed by atoms with Gasteiger partial charge in [0.05, 0.1) is 6.61 Å². The number of carbonyl (C=O) groups is 5. The number of esters is 5. The first kappa shape index (κ1) is 141. The number of aliphatic hydroxyl groups excluding tert-OH is 3.